The molecule has 0 unspecified atom stereocenters. The van der Waals surface area contributed by atoms with Crippen LogP contribution >= 0.6 is 0 Å². The zero-order valence-electron chi connectivity index (χ0n) is 13.5. The van der Waals surface area contributed by atoms with Crippen LogP contribution in [-0.4, -0.2) is 36.9 Å². The summed E-state index contributed by atoms with van der Waals surface area (Å²) in [6.45, 7) is 0.665. The standard InChI is InChI=1S/C18H19N3O2/c1-20(2)12-15-7-9-17(23-15)18(22)21(3)14-6-8-16-13(11-14)5-4-10-19-16/h4-11H,12H2,1-3H3. The third-order valence-electron chi connectivity index (χ3n) is 3.62. The average Bonchev–Trinajstić information content (AvgIpc) is 3.00. The van der Waals surface area contributed by atoms with Crippen LogP contribution in [0.2, 0.25) is 0 Å². The van der Waals surface area contributed by atoms with Gasteiger partial charge in [-0.1, -0.05) is 6.07 Å². The van der Waals surface area contributed by atoms with Crippen molar-refractivity contribution in [1.29, 1.82) is 0 Å². The number of furan rings is 1. The number of hydrogen-bond donors (Lipinski definition) is 0. The van der Waals surface area contributed by atoms with Gasteiger partial charge in [-0.05, 0) is 50.5 Å². The van der Waals surface area contributed by atoms with Gasteiger partial charge in [-0.3, -0.25) is 9.78 Å². The van der Waals surface area contributed by atoms with Crippen molar-refractivity contribution < 1.29 is 9.21 Å². The quantitative estimate of drug-likeness (QED) is 0.743. The van der Waals surface area contributed by atoms with E-state index < -0.39 is 0 Å². The van der Waals surface area contributed by atoms with Crippen molar-refractivity contribution in [3.8, 4) is 0 Å². The summed E-state index contributed by atoms with van der Waals surface area (Å²) in [6.07, 6.45) is 1.76. The molecular formula is C18H19N3O2. The first kappa shape index (κ1) is 15.2. The molecular weight excluding hydrogens is 290 g/mol. The highest BCUT2D eigenvalue weighted by Crippen LogP contribution is 2.22. The molecule has 1 amide bonds. The molecule has 1 aromatic carbocycles. The summed E-state index contributed by atoms with van der Waals surface area (Å²) < 4.78 is 5.64. The van der Waals surface area contributed by atoms with E-state index >= 15 is 0 Å². The highest BCUT2D eigenvalue weighted by molar-refractivity contribution is 6.04. The van der Waals surface area contributed by atoms with Crippen molar-refractivity contribution in [3.05, 3.63) is 60.2 Å². The predicted octanol–water partition coefficient (Wildman–Crippen LogP) is 3.17. The lowest BCUT2D eigenvalue weighted by Gasteiger charge is -2.16. The lowest BCUT2D eigenvalue weighted by molar-refractivity contribution is 0.0963. The minimum absolute atomic E-state index is 0.168. The van der Waals surface area contributed by atoms with E-state index in [1.165, 1.54) is 0 Å². The van der Waals surface area contributed by atoms with Crippen LogP contribution in [0.5, 0.6) is 0 Å². The molecule has 0 radical (unpaired) electrons. The van der Waals surface area contributed by atoms with E-state index in [0.29, 0.717) is 12.3 Å². The Labute approximate surface area is 135 Å². The van der Waals surface area contributed by atoms with Crippen molar-refractivity contribution in [2.75, 3.05) is 26.0 Å². The van der Waals surface area contributed by atoms with E-state index in [2.05, 4.69) is 4.98 Å². The molecule has 5 nitrogen and oxygen atoms in total. The average molecular weight is 309 g/mol. The van der Waals surface area contributed by atoms with Crippen LogP contribution in [0.4, 0.5) is 5.69 Å². The summed E-state index contributed by atoms with van der Waals surface area (Å²) in [5, 5.41) is 0.998. The van der Waals surface area contributed by atoms with Gasteiger partial charge in [0.25, 0.3) is 5.91 Å². The molecule has 0 saturated heterocycles. The normalized spacial score (nSPS) is 11.1. The van der Waals surface area contributed by atoms with Gasteiger partial charge in [0.2, 0.25) is 0 Å². The van der Waals surface area contributed by atoms with Crippen LogP contribution in [0.15, 0.2) is 53.1 Å². The smallest absolute Gasteiger partial charge is 0.293 e. The van der Waals surface area contributed by atoms with Gasteiger partial charge in [-0.15, -0.1) is 0 Å². The summed E-state index contributed by atoms with van der Waals surface area (Å²) in [6, 6.07) is 13.2. The summed E-state index contributed by atoms with van der Waals surface area (Å²) in [5.74, 6) is 0.948. The van der Waals surface area contributed by atoms with Crippen molar-refractivity contribution in [2.45, 2.75) is 6.54 Å². The lowest BCUT2D eigenvalue weighted by Crippen LogP contribution is -2.25. The van der Waals surface area contributed by atoms with Gasteiger partial charge in [0.1, 0.15) is 5.76 Å². The van der Waals surface area contributed by atoms with Gasteiger partial charge in [-0.2, -0.15) is 0 Å². The molecule has 0 spiro atoms. The van der Waals surface area contributed by atoms with Crippen LogP contribution in [0.25, 0.3) is 10.9 Å². The molecule has 0 fully saturated rings. The van der Waals surface area contributed by atoms with E-state index in [4.69, 9.17) is 4.42 Å². The Morgan fingerprint density at radius 2 is 1.96 bits per heavy atom. The summed E-state index contributed by atoms with van der Waals surface area (Å²) in [7, 11) is 5.66. The minimum atomic E-state index is -0.168. The largest absolute Gasteiger partial charge is 0.455 e. The maximum atomic E-state index is 12.6. The Morgan fingerprint density at radius 3 is 2.74 bits per heavy atom. The Morgan fingerprint density at radius 1 is 1.13 bits per heavy atom. The highest BCUT2D eigenvalue weighted by Gasteiger charge is 2.18. The Balaban J connectivity index is 1.84. The number of fused-ring (bicyclic) bond motifs is 1. The topological polar surface area (TPSA) is 49.6 Å². The second kappa shape index (κ2) is 6.22. The van der Waals surface area contributed by atoms with Gasteiger partial charge < -0.3 is 14.2 Å². The zero-order chi connectivity index (χ0) is 16.4. The molecule has 0 N–H and O–H groups in total. The molecule has 0 atom stereocenters. The fourth-order valence-corrected chi connectivity index (χ4v) is 2.44. The maximum absolute atomic E-state index is 12.6. The first-order valence-corrected chi connectivity index (χ1v) is 7.41. The SMILES string of the molecule is CN(C)Cc1ccc(C(=O)N(C)c2ccc3ncccc3c2)o1. The monoisotopic (exact) mass is 309 g/mol. The van der Waals surface area contributed by atoms with Crippen molar-refractivity contribution in [1.82, 2.24) is 9.88 Å². The van der Waals surface area contributed by atoms with Crippen LogP contribution < -0.4 is 4.90 Å². The number of rotatable bonds is 4. The van der Waals surface area contributed by atoms with Gasteiger partial charge in [0.05, 0.1) is 12.1 Å². The Bertz CT molecular complexity index is 839. The molecule has 118 valence electrons. The molecule has 5 heteroatoms. The molecule has 2 aromatic heterocycles. The van der Waals surface area contributed by atoms with Crippen LogP contribution in [-0.2, 0) is 6.54 Å². The fourth-order valence-electron chi connectivity index (χ4n) is 2.44. The zero-order valence-corrected chi connectivity index (χ0v) is 13.5. The van der Waals surface area contributed by atoms with E-state index in [0.717, 1.165) is 22.4 Å². The number of amides is 1. The van der Waals surface area contributed by atoms with Crippen molar-refractivity contribution in [2.24, 2.45) is 0 Å². The lowest BCUT2D eigenvalue weighted by atomic mass is 10.2. The number of carbonyl (C=O) groups is 1. The van der Waals surface area contributed by atoms with E-state index in [1.807, 2.05) is 55.4 Å². The number of carbonyl (C=O) groups excluding carboxylic acids is 1. The predicted molar refractivity (Wildman–Crippen MR) is 90.6 cm³/mol. The van der Waals surface area contributed by atoms with Gasteiger partial charge >= 0.3 is 0 Å². The molecule has 3 rings (SSSR count). The highest BCUT2D eigenvalue weighted by atomic mass is 16.4. The minimum Gasteiger partial charge on any atom is -0.455 e. The molecule has 0 saturated carbocycles. The Kier molecular flexibility index (Phi) is 4.12. The molecule has 0 aliphatic rings. The summed E-state index contributed by atoms with van der Waals surface area (Å²) in [5.41, 5.74) is 1.71. The summed E-state index contributed by atoms with van der Waals surface area (Å²) >= 11 is 0. The van der Waals surface area contributed by atoms with E-state index in [1.54, 1.807) is 24.2 Å². The van der Waals surface area contributed by atoms with Gasteiger partial charge in [0, 0.05) is 24.3 Å². The van der Waals surface area contributed by atoms with Crippen LogP contribution in [0.1, 0.15) is 16.3 Å². The number of anilines is 1. The number of aromatic nitrogens is 1. The molecule has 0 aliphatic carbocycles. The van der Waals surface area contributed by atoms with Gasteiger partial charge in [-0.25, -0.2) is 0 Å². The fraction of sp³-hybridized carbons (Fsp3) is 0.222. The second-order valence-electron chi connectivity index (χ2n) is 5.75. The van der Waals surface area contributed by atoms with Crippen LogP contribution in [0, 0.1) is 0 Å². The first-order valence-electron chi connectivity index (χ1n) is 7.41. The van der Waals surface area contributed by atoms with Crippen molar-refractivity contribution >= 4 is 22.5 Å². The van der Waals surface area contributed by atoms with Crippen LogP contribution in [0.3, 0.4) is 0 Å². The molecule has 0 bridgehead atoms. The maximum Gasteiger partial charge on any atom is 0.293 e. The summed E-state index contributed by atoms with van der Waals surface area (Å²) in [4.78, 5) is 20.5. The third-order valence-corrected chi connectivity index (χ3v) is 3.62. The molecule has 3 aromatic rings. The number of hydrogen-bond acceptors (Lipinski definition) is 4. The van der Waals surface area contributed by atoms with Gasteiger partial charge in [0.15, 0.2) is 5.76 Å². The second-order valence-corrected chi connectivity index (χ2v) is 5.75. The van der Waals surface area contributed by atoms with E-state index in [-0.39, 0.29) is 5.91 Å². The van der Waals surface area contributed by atoms with E-state index in [9.17, 15) is 4.79 Å². The van der Waals surface area contributed by atoms with Crippen molar-refractivity contribution in [3.63, 3.8) is 0 Å². The Hall–Kier alpha value is -2.66. The molecule has 0 aliphatic heterocycles. The number of nitrogens with zero attached hydrogens (tertiary/aromatic N) is 3. The molecule has 23 heavy (non-hydrogen) atoms. The number of pyridine rings is 1. The third kappa shape index (κ3) is 3.24. The first-order chi connectivity index (χ1) is 11.0. The number of benzene rings is 1. The molecule has 2 heterocycles.